The van der Waals surface area contributed by atoms with Crippen molar-refractivity contribution in [3.63, 3.8) is 0 Å². The van der Waals surface area contributed by atoms with Gasteiger partial charge < -0.3 is 14.7 Å². The van der Waals surface area contributed by atoms with Gasteiger partial charge in [0.2, 0.25) is 5.91 Å². The second-order valence-electron chi connectivity index (χ2n) is 6.74. The topological polar surface area (TPSA) is 75.1 Å². The summed E-state index contributed by atoms with van der Waals surface area (Å²) in [5.74, 6) is 0.639. The van der Waals surface area contributed by atoms with Crippen molar-refractivity contribution in [1.29, 1.82) is 0 Å². The summed E-state index contributed by atoms with van der Waals surface area (Å²) >= 11 is 0. The Balaban J connectivity index is 1.51. The molecule has 5 heteroatoms. The molecule has 0 aliphatic carbocycles. The Labute approximate surface area is 162 Å². The van der Waals surface area contributed by atoms with Crippen molar-refractivity contribution >= 4 is 16.8 Å². The van der Waals surface area contributed by atoms with Crippen LogP contribution >= 0.6 is 0 Å². The summed E-state index contributed by atoms with van der Waals surface area (Å²) in [4.78, 5) is 27.5. The molecule has 2 N–H and O–H groups in total. The molecule has 0 unspecified atom stereocenters. The Kier molecular flexibility index (Phi) is 5.06. The first-order chi connectivity index (χ1) is 13.7. The minimum Gasteiger partial charge on any atom is -0.467 e. The van der Waals surface area contributed by atoms with Gasteiger partial charge >= 0.3 is 0 Å². The van der Waals surface area contributed by atoms with Crippen LogP contribution in [0.4, 0.5) is 0 Å². The average molecular weight is 372 g/mol. The highest BCUT2D eigenvalue weighted by molar-refractivity contribution is 5.83. The molecule has 2 aromatic carbocycles. The number of hydrogen-bond acceptors (Lipinski definition) is 3. The minimum absolute atomic E-state index is 0.0790. The number of furan rings is 1. The number of nitrogens with one attached hydrogen (secondary N) is 2. The zero-order valence-electron chi connectivity index (χ0n) is 15.3. The molecule has 28 heavy (non-hydrogen) atoms. The highest BCUT2D eigenvalue weighted by Crippen LogP contribution is 2.16. The van der Waals surface area contributed by atoms with Crippen LogP contribution in [0.1, 0.15) is 22.5 Å². The van der Waals surface area contributed by atoms with Crippen LogP contribution in [-0.2, 0) is 24.2 Å². The monoisotopic (exact) mass is 372 g/mol. The molecule has 0 atom stereocenters. The van der Waals surface area contributed by atoms with E-state index in [0.29, 0.717) is 18.5 Å². The summed E-state index contributed by atoms with van der Waals surface area (Å²) in [5.41, 5.74) is 3.36. The molecule has 4 rings (SSSR count). The van der Waals surface area contributed by atoms with Crippen molar-refractivity contribution in [2.75, 3.05) is 0 Å². The molecule has 0 aliphatic heterocycles. The second-order valence-corrected chi connectivity index (χ2v) is 6.74. The van der Waals surface area contributed by atoms with Gasteiger partial charge in [0.1, 0.15) is 5.76 Å². The van der Waals surface area contributed by atoms with Crippen molar-refractivity contribution in [2.24, 2.45) is 0 Å². The van der Waals surface area contributed by atoms with Crippen LogP contribution in [0, 0.1) is 0 Å². The summed E-state index contributed by atoms with van der Waals surface area (Å²) in [7, 11) is 0. The molecule has 4 aromatic rings. The van der Waals surface area contributed by atoms with Gasteiger partial charge in [-0.15, -0.1) is 0 Å². The van der Waals surface area contributed by atoms with Crippen molar-refractivity contribution in [3.8, 4) is 0 Å². The number of hydrogen-bond donors (Lipinski definition) is 2. The van der Waals surface area contributed by atoms with Gasteiger partial charge in [-0.1, -0.05) is 36.4 Å². The van der Waals surface area contributed by atoms with Gasteiger partial charge in [0.05, 0.1) is 19.2 Å². The van der Waals surface area contributed by atoms with Gasteiger partial charge in [0.25, 0.3) is 5.56 Å². The summed E-state index contributed by atoms with van der Waals surface area (Å²) < 4.78 is 5.22. The molecule has 0 fully saturated rings. The zero-order valence-corrected chi connectivity index (χ0v) is 15.3. The van der Waals surface area contributed by atoms with Crippen LogP contribution in [0.5, 0.6) is 0 Å². The van der Waals surface area contributed by atoms with Crippen LogP contribution in [0.3, 0.4) is 0 Å². The lowest BCUT2D eigenvalue weighted by molar-refractivity contribution is -0.120. The molecule has 0 saturated heterocycles. The minimum atomic E-state index is -0.0831. The fraction of sp³-hybridized carbons (Fsp3) is 0.130. The van der Waals surface area contributed by atoms with Gasteiger partial charge in [-0.25, -0.2) is 0 Å². The zero-order chi connectivity index (χ0) is 19.3. The Hall–Kier alpha value is -3.60. The number of carbonyl (C=O) groups excluding carboxylic acids is 1. The molecule has 140 valence electrons. The number of aromatic amines is 1. The van der Waals surface area contributed by atoms with Gasteiger partial charge in [-0.3, -0.25) is 9.59 Å². The lowest BCUT2D eigenvalue weighted by atomic mass is 10.0. The average Bonchev–Trinajstić information content (AvgIpc) is 3.22. The standard InChI is InChI=1S/C23H20N2O3/c26-22(24-15-20-7-4-10-28-20)13-17-8-9-21-18(12-17)14-19(23(27)25-21)11-16-5-2-1-3-6-16/h1-10,12,14H,11,13,15H2,(H,24,26)(H,25,27). The third-order valence-corrected chi connectivity index (χ3v) is 4.63. The number of H-pyrrole nitrogens is 1. The van der Waals surface area contributed by atoms with E-state index in [0.717, 1.165) is 27.8 Å². The van der Waals surface area contributed by atoms with E-state index in [9.17, 15) is 9.59 Å². The van der Waals surface area contributed by atoms with Gasteiger partial charge in [0, 0.05) is 17.5 Å². The third kappa shape index (κ3) is 4.20. The second kappa shape index (κ2) is 7.96. The molecule has 0 spiro atoms. The predicted octanol–water partition coefficient (Wildman–Crippen LogP) is 3.57. The van der Waals surface area contributed by atoms with Crippen molar-refractivity contribution in [2.45, 2.75) is 19.4 Å². The first kappa shape index (κ1) is 17.8. The first-order valence-electron chi connectivity index (χ1n) is 9.15. The molecule has 1 amide bonds. The third-order valence-electron chi connectivity index (χ3n) is 4.63. The van der Waals surface area contributed by atoms with Crippen LogP contribution in [0.15, 0.2) is 82.2 Å². The SMILES string of the molecule is O=C(Cc1ccc2[nH]c(=O)c(Cc3ccccc3)cc2c1)NCc1ccco1. The maximum atomic E-state index is 12.4. The summed E-state index contributed by atoms with van der Waals surface area (Å²) in [6.45, 7) is 0.369. The molecular weight excluding hydrogens is 352 g/mol. The Morgan fingerprint density at radius 3 is 2.61 bits per heavy atom. The summed E-state index contributed by atoms with van der Waals surface area (Å²) in [6.07, 6.45) is 2.42. The molecule has 0 saturated carbocycles. The van der Waals surface area contributed by atoms with Crippen LogP contribution in [-0.4, -0.2) is 10.9 Å². The highest BCUT2D eigenvalue weighted by atomic mass is 16.3. The number of fused-ring (bicyclic) bond motifs is 1. The number of rotatable bonds is 6. The van der Waals surface area contributed by atoms with E-state index in [1.54, 1.807) is 12.3 Å². The molecule has 5 nitrogen and oxygen atoms in total. The van der Waals surface area contributed by atoms with E-state index in [1.165, 1.54) is 0 Å². The van der Waals surface area contributed by atoms with Crippen molar-refractivity contribution in [3.05, 3.63) is 106 Å². The van der Waals surface area contributed by atoms with E-state index >= 15 is 0 Å². The number of aromatic nitrogens is 1. The lowest BCUT2D eigenvalue weighted by Gasteiger charge is -2.07. The molecule has 2 aromatic heterocycles. The van der Waals surface area contributed by atoms with Gasteiger partial charge in [-0.05, 0) is 46.8 Å². The molecule has 2 heterocycles. The van der Waals surface area contributed by atoms with Crippen LogP contribution in [0.25, 0.3) is 10.9 Å². The highest BCUT2D eigenvalue weighted by Gasteiger charge is 2.08. The van der Waals surface area contributed by atoms with E-state index in [-0.39, 0.29) is 17.9 Å². The number of pyridine rings is 1. The van der Waals surface area contributed by atoms with Crippen LogP contribution < -0.4 is 10.9 Å². The molecular formula is C23H20N2O3. The largest absolute Gasteiger partial charge is 0.467 e. The summed E-state index contributed by atoms with van der Waals surface area (Å²) in [6, 6.07) is 21.1. The fourth-order valence-electron chi connectivity index (χ4n) is 3.21. The maximum Gasteiger partial charge on any atom is 0.251 e. The number of carbonyl (C=O) groups is 1. The molecule has 0 bridgehead atoms. The van der Waals surface area contributed by atoms with E-state index in [1.807, 2.05) is 60.7 Å². The van der Waals surface area contributed by atoms with E-state index in [4.69, 9.17) is 4.42 Å². The number of benzene rings is 2. The molecule has 0 radical (unpaired) electrons. The Morgan fingerprint density at radius 1 is 0.964 bits per heavy atom. The number of amides is 1. The van der Waals surface area contributed by atoms with Gasteiger partial charge in [0.15, 0.2) is 0 Å². The normalized spacial score (nSPS) is 10.9. The van der Waals surface area contributed by atoms with Gasteiger partial charge in [-0.2, -0.15) is 0 Å². The maximum absolute atomic E-state index is 12.4. The van der Waals surface area contributed by atoms with E-state index < -0.39 is 0 Å². The molecule has 0 aliphatic rings. The predicted molar refractivity (Wildman–Crippen MR) is 108 cm³/mol. The van der Waals surface area contributed by atoms with Crippen LogP contribution in [0.2, 0.25) is 0 Å². The summed E-state index contributed by atoms with van der Waals surface area (Å²) in [5, 5.41) is 3.76. The van der Waals surface area contributed by atoms with E-state index in [2.05, 4.69) is 10.3 Å². The lowest BCUT2D eigenvalue weighted by Crippen LogP contribution is -2.24. The fourth-order valence-corrected chi connectivity index (χ4v) is 3.21. The Bertz CT molecular complexity index is 1150. The van der Waals surface area contributed by atoms with Crippen molar-refractivity contribution in [1.82, 2.24) is 10.3 Å². The first-order valence-corrected chi connectivity index (χ1v) is 9.15. The smallest absolute Gasteiger partial charge is 0.251 e. The quantitative estimate of drug-likeness (QED) is 0.543. The van der Waals surface area contributed by atoms with Crippen molar-refractivity contribution < 1.29 is 9.21 Å². The Morgan fingerprint density at radius 2 is 1.82 bits per heavy atom.